The first kappa shape index (κ1) is 13.6. The van der Waals surface area contributed by atoms with Gasteiger partial charge in [-0.3, -0.25) is 0 Å². The Labute approximate surface area is 124 Å². The van der Waals surface area contributed by atoms with Gasteiger partial charge in [-0.05, 0) is 42.7 Å². The highest BCUT2D eigenvalue weighted by Gasteiger charge is 2.15. The molecule has 3 rings (SSSR count). The number of aromatic nitrogens is 2. The maximum absolute atomic E-state index is 10.6. The molecule has 106 valence electrons. The third-order valence-electron chi connectivity index (χ3n) is 3.88. The lowest BCUT2D eigenvalue weighted by Crippen LogP contribution is -2.02. The summed E-state index contributed by atoms with van der Waals surface area (Å²) in [5.74, 6) is 0. The molecule has 1 heterocycles. The minimum atomic E-state index is -0.651. The average molecular weight is 278 g/mol. The molecule has 1 aromatic heterocycles. The van der Waals surface area contributed by atoms with Gasteiger partial charge < -0.3 is 5.11 Å². The smallest absolute Gasteiger partial charge is 0.107 e. The number of para-hydroxylation sites is 1. The molecular weight excluding hydrogens is 260 g/mol. The Balaban J connectivity index is 1.95. The highest BCUT2D eigenvalue weighted by Crippen LogP contribution is 2.26. The van der Waals surface area contributed by atoms with Crippen LogP contribution >= 0.6 is 0 Å². The van der Waals surface area contributed by atoms with E-state index in [9.17, 15) is 5.11 Å². The van der Waals surface area contributed by atoms with E-state index < -0.39 is 6.10 Å². The van der Waals surface area contributed by atoms with Gasteiger partial charge >= 0.3 is 0 Å². The van der Waals surface area contributed by atoms with Gasteiger partial charge in [0, 0.05) is 11.8 Å². The van der Waals surface area contributed by atoms with Crippen LogP contribution in [0.25, 0.3) is 5.69 Å². The van der Waals surface area contributed by atoms with Crippen molar-refractivity contribution in [1.82, 2.24) is 9.78 Å². The number of aliphatic hydroxyl groups excluding tert-OH is 1. The monoisotopic (exact) mass is 278 g/mol. The molecule has 1 atom stereocenters. The van der Waals surface area contributed by atoms with Crippen molar-refractivity contribution in [3.8, 4) is 5.69 Å². The molecule has 21 heavy (non-hydrogen) atoms. The molecule has 3 nitrogen and oxygen atoms in total. The highest BCUT2D eigenvalue weighted by molar-refractivity contribution is 5.39. The Kier molecular flexibility index (Phi) is 3.59. The summed E-state index contributed by atoms with van der Waals surface area (Å²) in [7, 11) is 0. The molecule has 1 unspecified atom stereocenters. The second kappa shape index (κ2) is 5.54. The number of aliphatic hydroxyl groups is 1. The molecule has 0 radical (unpaired) electrons. The van der Waals surface area contributed by atoms with E-state index in [0.29, 0.717) is 0 Å². The van der Waals surface area contributed by atoms with Crippen LogP contribution in [0.2, 0.25) is 0 Å². The van der Waals surface area contributed by atoms with E-state index in [1.165, 1.54) is 5.56 Å². The molecule has 3 aromatic rings. The Morgan fingerprint density at radius 3 is 2.52 bits per heavy atom. The molecular formula is C18H18N2O. The Morgan fingerprint density at radius 1 is 1.00 bits per heavy atom. The molecule has 0 saturated heterocycles. The molecule has 0 aliphatic rings. The third kappa shape index (κ3) is 2.60. The average Bonchev–Trinajstić information content (AvgIpc) is 3.00. The van der Waals surface area contributed by atoms with Gasteiger partial charge in [-0.25, -0.2) is 4.68 Å². The van der Waals surface area contributed by atoms with Gasteiger partial charge in [0.05, 0.1) is 11.9 Å². The zero-order valence-corrected chi connectivity index (χ0v) is 12.2. The van der Waals surface area contributed by atoms with Crippen LogP contribution in [0.3, 0.4) is 0 Å². The summed E-state index contributed by atoms with van der Waals surface area (Å²) >= 11 is 0. The maximum atomic E-state index is 10.6. The molecule has 0 amide bonds. The number of nitrogens with zero attached hydrogens (tertiary/aromatic N) is 2. The molecule has 0 fully saturated rings. The second-order valence-electron chi connectivity index (χ2n) is 5.25. The molecule has 0 spiro atoms. The topological polar surface area (TPSA) is 38.1 Å². The van der Waals surface area contributed by atoms with Gasteiger partial charge in [-0.1, -0.05) is 36.4 Å². The van der Waals surface area contributed by atoms with E-state index >= 15 is 0 Å². The number of benzene rings is 2. The number of aryl methyl sites for hydroxylation is 1. The third-order valence-corrected chi connectivity index (χ3v) is 3.88. The summed E-state index contributed by atoms with van der Waals surface area (Å²) < 4.78 is 1.78. The zero-order chi connectivity index (χ0) is 14.8. The van der Waals surface area contributed by atoms with Gasteiger partial charge in [0.1, 0.15) is 6.10 Å². The lowest BCUT2D eigenvalue weighted by Gasteiger charge is -2.13. The summed E-state index contributed by atoms with van der Waals surface area (Å²) in [5.41, 5.74) is 5.02. The van der Waals surface area contributed by atoms with E-state index in [0.717, 1.165) is 22.4 Å². The van der Waals surface area contributed by atoms with Crippen LogP contribution in [-0.2, 0) is 0 Å². The van der Waals surface area contributed by atoms with Gasteiger partial charge in [-0.15, -0.1) is 0 Å². The first-order valence-electron chi connectivity index (χ1n) is 7.01. The fourth-order valence-corrected chi connectivity index (χ4v) is 2.45. The van der Waals surface area contributed by atoms with E-state index in [2.05, 4.69) is 18.1 Å². The fourth-order valence-electron chi connectivity index (χ4n) is 2.45. The zero-order valence-electron chi connectivity index (χ0n) is 12.2. The maximum Gasteiger partial charge on any atom is 0.107 e. The quantitative estimate of drug-likeness (QED) is 0.795. The molecule has 2 aromatic carbocycles. The summed E-state index contributed by atoms with van der Waals surface area (Å²) in [5, 5.41) is 14.9. The van der Waals surface area contributed by atoms with Gasteiger partial charge in [0.25, 0.3) is 0 Å². The summed E-state index contributed by atoms with van der Waals surface area (Å²) in [4.78, 5) is 0. The standard InChI is InChI=1S/C18H18N2O/c1-13-7-6-10-17(14(13)2)18(21)15-11-19-20(12-15)16-8-4-3-5-9-16/h3-12,18,21H,1-2H3. The molecule has 0 aliphatic heterocycles. The van der Waals surface area contributed by atoms with Crippen LogP contribution in [0, 0.1) is 13.8 Å². The van der Waals surface area contributed by atoms with E-state index in [-0.39, 0.29) is 0 Å². The normalized spacial score (nSPS) is 12.3. The lowest BCUT2D eigenvalue weighted by molar-refractivity contribution is 0.219. The summed E-state index contributed by atoms with van der Waals surface area (Å²) in [6.07, 6.45) is 2.95. The number of rotatable bonds is 3. The van der Waals surface area contributed by atoms with Crippen LogP contribution in [0.1, 0.15) is 28.4 Å². The molecule has 0 bridgehead atoms. The summed E-state index contributed by atoms with van der Waals surface area (Å²) in [6, 6.07) is 15.9. The van der Waals surface area contributed by atoms with Crippen LogP contribution in [0.4, 0.5) is 0 Å². The van der Waals surface area contributed by atoms with Crippen molar-refractivity contribution in [2.45, 2.75) is 20.0 Å². The van der Waals surface area contributed by atoms with Crippen molar-refractivity contribution in [3.63, 3.8) is 0 Å². The lowest BCUT2D eigenvalue weighted by atomic mass is 9.96. The summed E-state index contributed by atoms with van der Waals surface area (Å²) in [6.45, 7) is 4.09. The SMILES string of the molecule is Cc1cccc(C(O)c2cnn(-c3ccccc3)c2)c1C. The minimum Gasteiger partial charge on any atom is -0.384 e. The highest BCUT2D eigenvalue weighted by atomic mass is 16.3. The van der Waals surface area contributed by atoms with Gasteiger partial charge in [0.15, 0.2) is 0 Å². The van der Waals surface area contributed by atoms with E-state index in [4.69, 9.17) is 0 Å². The van der Waals surface area contributed by atoms with Crippen molar-refractivity contribution in [1.29, 1.82) is 0 Å². The van der Waals surface area contributed by atoms with Crippen molar-refractivity contribution >= 4 is 0 Å². The second-order valence-corrected chi connectivity index (χ2v) is 5.25. The minimum absolute atomic E-state index is 0.651. The van der Waals surface area contributed by atoms with Gasteiger partial charge in [0.2, 0.25) is 0 Å². The van der Waals surface area contributed by atoms with Crippen molar-refractivity contribution in [2.24, 2.45) is 0 Å². The Morgan fingerprint density at radius 2 is 1.76 bits per heavy atom. The van der Waals surface area contributed by atoms with Crippen molar-refractivity contribution in [3.05, 3.63) is 83.2 Å². The van der Waals surface area contributed by atoms with Crippen molar-refractivity contribution in [2.75, 3.05) is 0 Å². The fraction of sp³-hybridized carbons (Fsp3) is 0.167. The van der Waals surface area contributed by atoms with E-state index in [1.54, 1.807) is 10.9 Å². The molecule has 0 aliphatic carbocycles. The predicted octanol–water partition coefficient (Wildman–Crippen LogP) is 3.57. The first-order chi connectivity index (χ1) is 10.2. The first-order valence-corrected chi connectivity index (χ1v) is 7.01. The van der Waals surface area contributed by atoms with Crippen LogP contribution < -0.4 is 0 Å². The number of hydrogen-bond donors (Lipinski definition) is 1. The Bertz CT molecular complexity index is 747. The van der Waals surface area contributed by atoms with E-state index in [1.807, 2.05) is 55.6 Å². The Hall–Kier alpha value is -2.39. The number of hydrogen-bond acceptors (Lipinski definition) is 2. The van der Waals surface area contributed by atoms with Crippen LogP contribution in [-0.4, -0.2) is 14.9 Å². The van der Waals surface area contributed by atoms with Crippen LogP contribution in [0.15, 0.2) is 60.9 Å². The molecule has 1 N–H and O–H groups in total. The molecule has 0 saturated carbocycles. The molecule has 3 heteroatoms. The van der Waals surface area contributed by atoms with Gasteiger partial charge in [-0.2, -0.15) is 5.10 Å². The predicted molar refractivity (Wildman–Crippen MR) is 83.5 cm³/mol. The largest absolute Gasteiger partial charge is 0.384 e. The van der Waals surface area contributed by atoms with Crippen molar-refractivity contribution < 1.29 is 5.11 Å². The van der Waals surface area contributed by atoms with Crippen LogP contribution in [0.5, 0.6) is 0 Å².